The minimum absolute atomic E-state index is 0.398. The van der Waals surface area contributed by atoms with Crippen LogP contribution in [0.3, 0.4) is 0 Å². The molecule has 2 N–H and O–H groups in total. The SMILES string of the molecule is COc1ccc(N2CCN(C(=O)ON3C(=O)C4CNCCN4[C@H]3O)CC2)cc1. The number of ether oxygens (including phenoxy) is 1. The Bertz CT molecular complexity index is 722. The summed E-state index contributed by atoms with van der Waals surface area (Å²) in [5.41, 5.74) is 1.06. The molecule has 3 fully saturated rings. The number of hydrogen-bond donors (Lipinski definition) is 2. The molecule has 0 saturated carbocycles. The Morgan fingerprint density at radius 2 is 1.86 bits per heavy atom. The molecule has 1 aromatic carbocycles. The van der Waals surface area contributed by atoms with Crippen LogP contribution in [0.25, 0.3) is 0 Å². The molecule has 1 aromatic rings. The fourth-order valence-electron chi connectivity index (χ4n) is 3.80. The Labute approximate surface area is 163 Å². The lowest BCUT2D eigenvalue weighted by molar-refractivity contribution is -0.214. The molecule has 28 heavy (non-hydrogen) atoms. The molecule has 3 heterocycles. The maximum absolute atomic E-state index is 12.5. The van der Waals surface area contributed by atoms with Gasteiger partial charge in [0.05, 0.1) is 7.11 Å². The zero-order valence-electron chi connectivity index (χ0n) is 15.8. The molecule has 3 aliphatic heterocycles. The number of aliphatic hydroxyl groups is 1. The number of anilines is 1. The van der Waals surface area contributed by atoms with E-state index < -0.39 is 24.4 Å². The Kier molecular flexibility index (Phi) is 5.25. The number of piperazine rings is 2. The highest BCUT2D eigenvalue weighted by molar-refractivity contribution is 5.85. The van der Waals surface area contributed by atoms with Crippen LogP contribution in [0.2, 0.25) is 0 Å². The third-order valence-corrected chi connectivity index (χ3v) is 5.45. The van der Waals surface area contributed by atoms with Crippen LogP contribution in [-0.4, -0.2) is 97.3 Å². The fourth-order valence-corrected chi connectivity index (χ4v) is 3.80. The van der Waals surface area contributed by atoms with E-state index in [-0.39, 0.29) is 0 Å². The zero-order valence-corrected chi connectivity index (χ0v) is 15.8. The topological polar surface area (TPSA) is 97.8 Å². The van der Waals surface area contributed by atoms with Gasteiger partial charge < -0.3 is 29.8 Å². The van der Waals surface area contributed by atoms with Crippen molar-refractivity contribution in [2.45, 2.75) is 12.4 Å². The third kappa shape index (κ3) is 3.46. The van der Waals surface area contributed by atoms with Gasteiger partial charge in [0, 0.05) is 51.5 Å². The molecule has 10 nitrogen and oxygen atoms in total. The molecule has 0 bridgehead atoms. The molecule has 3 saturated heterocycles. The highest BCUT2D eigenvalue weighted by Crippen LogP contribution is 2.24. The van der Waals surface area contributed by atoms with Crippen LogP contribution in [0, 0.1) is 0 Å². The number of amides is 2. The average Bonchev–Trinajstić information content (AvgIpc) is 2.99. The van der Waals surface area contributed by atoms with Gasteiger partial charge in [0.15, 0.2) is 0 Å². The number of hydroxylamine groups is 2. The second kappa shape index (κ2) is 7.82. The standard InChI is InChI=1S/C18H25N5O5/c1-27-14-4-2-13(3-5-14)20-8-10-21(11-9-20)18(26)28-23-16(24)15-12-19-6-7-22(15)17(23)25/h2-5,15,17,19,25H,6-12H2,1H3/t15?,17-/m1/s1. The molecule has 4 rings (SSSR count). The number of rotatable bonds is 3. The van der Waals surface area contributed by atoms with Crippen molar-refractivity contribution in [1.29, 1.82) is 0 Å². The molecular formula is C18H25N5O5. The summed E-state index contributed by atoms with van der Waals surface area (Å²) in [6, 6.07) is 7.27. The van der Waals surface area contributed by atoms with E-state index in [0.717, 1.165) is 16.5 Å². The number of aliphatic hydroxyl groups excluding tert-OH is 1. The quantitative estimate of drug-likeness (QED) is 0.696. The lowest BCUT2D eigenvalue weighted by atomic mass is 10.2. The molecular weight excluding hydrogens is 366 g/mol. The summed E-state index contributed by atoms with van der Waals surface area (Å²) in [5, 5.41) is 14.2. The number of nitrogens with zero attached hydrogens (tertiary/aromatic N) is 4. The van der Waals surface area contributed by atoms with Gasteiger partial charge >= 0.3 is 6.09 Å². The van der Waals surface area contributed by atoms with Crippen LogP contribution in [0.15, 0.2) is 24.3 Å². The van der Waals surface area contributed by atoms with Crippen molar-refractivity contribution in [2.24, 2.45) is 0 Å². The zero-order chi connectivity index (χ0) is 19.7. The lowest BCUT2D eigenvalue weighted by Crippen LogP contribution is -2.52. The monoisotopic (exact) mass is 391 g/mol. The van der Waals surface area contributed by atoms with E-state index in [1.165, 1.54) is 0 Å². The van der Waals surface area contributed by atoms with Crippen molar-refractivity contribution in [2.75, 3.05) is 57.8 Å². The van der Waals surface area contributed by atoms with Crippen molar-refractivity contribution in [3.63, 3.8) is 0 Å². The van der Waals surface area contributed by atoms with E-state index in [4.69, 9.17) is 9.57 Å². The number of carbonyl (C=O) groups excluding carboxylic acids is 2. The second-order valence-corrected chi connectivity index (χ2v) is 7.00. The number of methoxy groups -OCH3 is 1. The molecule has 3 aliphatic rings. The molecule has 2 amide bonds. The molecule has 2 atom stereocenters. The van der Waals surface area contributed by atoms with Crippen LogP contribution < -0.4 is 15.0 Å². The van der Waals surface area contributed by atoms with Gasteiger partial charge in [-0.1, -0.05) is 0 Å². The van der Waals surface area contributed by atoms with Gasteiger partial charge in [0.2, 0.25) is 6.35 Å². The van der Waals surface area contributed by atoms with Gasteiger partial charge in [0.25, 0.3) is 5.91 Å². The highest BCUT2D eigenvalue weighted by atomic mass is 16.7. The predicted molar refractivity (Wildman–Crippen MR) is 99.5 cm³/mol. The maximum atomic E-state index is 12.5. The average molecular weight is 391 g/mol. The minimum Gasteiger partial charge on any atom is -0.497 e. The first-order valence-corrected chi connectivity index (χ1v) is 9.42. The van der Waals surface area contributed by atoms with E-state index in [1.54, 1.807) is 16.9 Å². The number of carbonyl (C=O) groups is 2. The summed E-state index contributed by atoms with van der Waals surface area (Å²) in [6.45, 7) is 3.87. The Hall–Kier alpha value is -2.56. The summed E-state index contributed by atoms with van der Waals surface area (Å²) in [5.74, 6) is 0.399. The summed E-state index contributed by atoms with van der Waals surface area (Å²) < 4.78 is 5.17. The third-order valence-electron chi connectivity index (χ3n) is 5.45. The van der Waals surface area contributed by atoms with Gasteiger partial charge in [0.1, 0.15) is 11.8 Å². The molecule has 10 heteroatoms. The second-order valence-electron chi connectivity index (χ2n) is 7.00. The van der Waals surface area contributed by atoms with Crippen LogP contribution in [0.5, 0.6) is 5.75 Å². The number of fused-ring (bicyclic) bond motifs is 1. The first-order valence-electron chi connectivity index (χ1n) is 9.42. The lowest BCUT2D eigenvalue weighted by Gasteiger charge is -2.36. The molecule has 0 spiro atoms. The van der Waals surface area contributed by atoms with Crippen molar-refractivity contribution >= 4 is 17.7 Å². The number of benzene rings is 1. The van der Waals surface area contributed by atoms with Gasteiger partial charge in [-0.25, -0.2) is 9.69 Å². The first-order chi connectivity index (χ1) is 13.6. The summed E-state index contributed by atoms with van der Waals surface area (Å²) >= 11 is 0. The smallest absolute Gasteiger partial charge is 0.434 e. The molecule has 1 unspecified atom stereocenters. The highest BCUT2D eigenvalue weighted by Gasteiger charge is 2.49. The summed E-state index contributed by atoms with van der Waals surface area (Å²) in [7, 11) is 1.63. The molecule has 0 aromatic heterocycles. The van der Waals surface area contributed by atoms with E-state index in [9.17, 15) is 14.7 Å². The normalized spacial score (nSPS) is 25.6. The predicted octanol–water partition coefficient (Wildman–Crippen LogP) is -0.739. The van der Waals surface area contributed by atoms with Gasteiger partial charge in [-0.05, 0) is 24.3 Å². The van der Waals surface area contributed by atoms with Crippen molar-refractivity contribution in [3.8, 4) is 5.75 Å². The Balaban J connectivity index is 1.32. The van der Waals surface area contributed by atoms with E-state index in [0.29, 0.717) is 45.8 Å². The van der Waals surface area contributed by atoms with E-state index in [1.807, 2.05) is 24.3 Å². The molecule has 0 radical (unpaired) electrons. The molecule has 152 valence electrons. The fraction of sp³-hybridized carbons (Fsp3) is 0.556. The van der Waals surface area contributed by atoms with E-state index >= 15 is 0 Å². The molecule has 0 aliphatic carbocycles. The van der Waals surface area contributed by atoms with Crippen LogP contribution in [0.1, 0.15) is 0 Å². The van der Waals surface area contributed by atoms with Crippen LogP contribution in [-0.2, 0) is 9.63 Å². The number of hydrogen-bond acceptors (Lipinski definition) is 8. The summed E-state index contributed by atoms with van der Waals surface area (Å²) in [6.07, 6.45) is -1.85. The summed E-state index contributed by atoms with van der Waals surface area (Å²) in [4.78, 5) is 35.5. The largest absolute Gasteiger partial charge is 0.497 e. The maximum Gasteiger partial charge on any atom is 0.434 e. The Morgan fingerprint density at radius 3 is 2.50 bits per heavy atom. The minimum atomic E-state index is -1.23. The van der Waals surface area contributed by atoms with E-state index in [2.05, 4.69) is 10.2 Å². The van der Waals surface area contributed by atoms with Crippen molar-refractivity contribution < 1.29 is 24.3 Å². The van der Waals surface area contributed by atoms with Gasteiger partial charge in [-0.2, -0.15) is 0 Å². The van der Waals surface area contributed by atoms with Crippen molar-refractivity contribution in [1.82, 2.24) is 20.2 Å². The number of nitrogens with one attached hydrogen (secondary N) is 1. The first kappa shape index (κ1) is 18.8. The Morgan fingerprint density at radius 1 is 1.14 bits per heavy atom. The van der Waals surface area contributed by atoms with Crippen molar-refractivity contribution in [3.05, 3.63) is 24.3 Å². The van der Waals surface area contributed by atoms with Crippen LogP contribution in [0.4, 0.5) is 10.5 Å². The van der Waals surface area contributed by atoms with Gasteiger partial charge in [-0.3, -0.25) is 4.79 Å². The van der Waals surface area contributed by atoms with Crippen LogP contribution >= 0.6 is 0 Å². The van der Waals surface area contributed by atoms with Gasteiger partial charge in [-0.15, -0.1) is 5.06 Å².